The Bertz CT molecular complexity index is 1420. The molecule has 10 heteroatoms. The zero-order chi connectivity index (χ0) is 24.9. The van der Waals surface area contributed by atoms with Crippen molar-refractivity contribution in [3.63, 3.8) is 0 Å². The highest BCUT2D eigenvalue weighted by Gasteiger charge is 2.19. The molecular weight excluding hydrogens is 495 g/mol. The van der Waals surface area contributed by atoms with Gasteiger partial charge in [-0.2, -0.15) is 0 Å². The normalized spacial score (nSPS) is 10.6. The number of furan rings is 1. The van der Waals surface area contributed by atoms with Crippen LogP contribution in [0.1, 0.15) is 32.2 Å². The van der Waals surface area contributed by atoms with Crippen molar-refractivity contribution in [1.82, 2.24) is 0 Å². The largest absolute Gasteiger partial charge is 0.484 e. The molecule has 0 aliphatic heterocycles. The van der Waals surface area contributed by atoms with E-state index in [1.807, 2.05) is 0 Å². The van der Waals surface area contributed by atoms with Crippen LogP contribution in [0.25, 0.3) is 0 Å². The average molecular weight is 511 g/mol. The van der Waals surface area contributed by atoms with Crippen LogP contribution in [-0.4, -0.2) is 16.6 Å². The highest BCUT2D eigenvalue weighted by molar-refractivity contribution is 6.32. The summed E-state index contributed by atoms with van der Waals surface area (Å²) in [6.45, 7) is -0.118. The van der Waals surface area contributed by atoms with Gasteiger partial charge in [-0.05, 0) is 36.4 Å². The summed E-state index contributed by atoms with van der Waals surface area (Å²) >= 11 is 12.1. The number of benzene rings is 3. The van der Waals surface area contributed by atoms with Gasteiger partial charge in [0.05, 0.1) is 21.7 Å². The number of carbonyl (C=O) groups excluding carboxylic acids is 2. The molecule has 1 heterocycles. The first-order valence-electron chi connectivity index (χ1n) is 10.2. The first-order valence-corrected chi connectivity index (χ1v) is 10.9. The van der Waals surface area contributed by atoms with E-state index in [1.165, 1.54) is 42.5 Å². The van der Waals surface area contributed by atoms with Crippen molar-refractivity contribution in [1.29, 1.82) is 0 Å². The number of rotatable bonds is 8. The van der Waals surface area contributed by atoms with E-state index in [0.717, 1.165) is 0 Å². The van der Waals surface area contributed by atoms with E-state index in [4.69, 9.17) is 32.4 Å². The number of nitro groups is 1. The molecule has 0 bridgehead atoms. The average Bonchev–Trinajstić information content (AvgIpc) is 3.34. The number of anilines is 1. The fraction of sp³-hybridized carbons (Fsp3) is 0.0400. The van der Waals surface area contributed by atoms with Crippen molar-refractivity contribution in [3.8, 4) is 5.75 Å². The molecule has 0 unspecified atom stereocenters. The monoisotopic (exact) mass is 510 g/mol. The van der Waals surface area contributed by atoms with Crippen molar-refractivity contribution in [2.75, 3.05) is 5.32 Å². The Hall–Kier alpha value is -4.14. The SMILES string of the molecule is O=C(Nc1ccc(Cl)cc1C(=O)c1ccccc1)c1ccc(COc2cc([N+](=O)[O-])ccc2Cl)o1. The molecule has 35 heavy (non-hydrogen) atoms. The lowest BCUT2D eigenvalue weighted by Crippen LogP contribution is -2.14. The summed E-state index contributed by atoms with van der Waals surface area (Å²) in [5, 5.41) is 14.2. The molecule has 176 valence electrons. The maximum Gasteiger partial charge on any atom is 0.291 e. The van der Waals surface area contributed by atoms with Crippen LogP contribution >= 0.6 is 23.2 Å². The maximum absolute atomic E-state index is 13.0. The second kappa shape index (κ2) is 10.4. The first-order chi connectivity index (χ1) is 16.8. The number of carbonyl (C=O) groups is 2. The third kappa shape index (κ3) is 5.68. The smallest absolute Gasteiger partial charge is 0.291 e. The summed E-state index contributed by atoms with van der Waals surface area (Å²) in [6, 6.07) is 20.0. The molecule has 1 amide bonds. The summed E-state index contributed by atoms with van der Waals surface area (Å²) in [5.74, 6) is -0.524. The van der Waals surface area contributed by atoms with Crippen molar-refractivity contribution in [2.45, 2.75) is 6.61 Å². The molecule has 0 spiro atoms. The molecule has 3 aromatic carbocycles. The van der Waals surface area contributed by atoms with Gasteiger partial charge in [-0.25, -0.2) is 0 Å². The lowest BCUT2D eigenvalue weighted by Gasteiger charge is -2.10. The zero-order valence-electron chi connectivity index (χ0n) is 17.9. The van der Waals surface area contributed by atoms with Crippen LogP contribution < -0.4 is 10.1 Å². The van der Waals surface area contributed by atoms with E-state index in [1.54, 1.807) is 36.4 Å². The van der Waals surface area contributed by atoms with Crippen molar-refractivity contribution < 1.29 is 23.7 Å². The second-order valence-corrected chi connectivity index (χ2v) is 8.11. The lowest BCUT2D eigenvalue weighted by molar-refractivity contribution is -0.384. The molecule has 0 aliphatic rings. The van der Waals surface area contributed by atoms with Gasteiger partial charge in [0.25, 0.3) is 11.6 Å². The third-order valence-corrected chi connectivity index (χ3v) is 5.44. The molecule has 0 saturated heterocycles. The van der Waals surface area contributed by atoms with E-state index in [9.17, 15) is 19.7 Å². The summed E-state index contributed by atoms with van der Waals surface area (Å²) in [6.07, 6.45) is 0. The predicted molar refractivity (Wildman–Crippen MR) is 130 cm³/mol. The van der Waals surface area contributed by atoms with Crippen LogP contribution in [0.5, 0.6) is 5.75 Å². The van der Waals surface area contributed by atoms with Crippen LogP contribution in [0.4, 0.5) is 11.4 Å². The molecule has 4 aromatic rings. The highest BCUT2D eigenvalue weighted by Crippen LogP contribution is 2.30. The summed E-state index contributed by atoms with van der Waals surface area (Å²) in [7, 11) is 0. The Kier molecular flexibility index (Phi) is 7.14. The quantitative estimate of drug-likeness (QED) is 0.163. The molecule has 0 radical (unpaired) electrons. The topological polar surface area (TPSA) is 112 Å². The first kappa shape index (κ1) is 24.0. The molecule has 0 fully saturated rings. The number of non-ortho nitro benzene ring substituents is 1. The van der Waals surface area contributed by atoms with Gasteiger partial charge in [0.2, 0.25) is 0 Å². The fourth-order valence-corrected chi connectivity index (χ4v) is 3.53. The number of amides is 1. The number of halogens is 2. The van der Waals surface area contributed by atoms with Gasteiger partial charge in [-0.15, -0.1) is 0 Å². The van der Waals surface area contributed by atoms with Crippen molar-refractivity contribution >= 4 is 46.3 Å². The Morgan fingerprint density at radius 1 is 0.971 bits per heavy atom. The summed E-state index contributed by atoms with van der Waals surface area (Å²) in [5.41, 5.74) is 0.772. The van der Waals surface area contributed by atoms with Crippen molar-refractivity contribution in [3.05, 3.63) is 122 Å². The zero-order valence-corrected chi connectivity index (χ0v) is 19.4. The minimum atomic E-state index is -0.589. The third-order valence-electron chi connectivity index (χ3n) is 4.89. The standard InChI is InChI=1S/C25H16Cl2N2O6/c26-16-6-10-21(19(12-16)24(30)15-4-2-1-3-5-15)28-25(31)22-11-8-18(35-22)14-34-23-13-17(29(32)33)7-9-20(23)27/h1-13H,14H2,(H,28,31). The van der Waals surface area contributed by atoms with E-state index in [0.29, 0.717) is 10.6 Å². The number of hydrogen-bond acceptors (Lipinski definition) is 6. The Morgan fingerprint density at radius 3 is 2.49 bits per heavy atom. The predicted octanol–water partition coefficient (Wildman–Crippen LogP) is 6.56. The van der Waals surface area contributed by atoms with Crippen LogP contribution in [0.15, 0.2) is 83.3 Å². The van der Waals surface area contributed by atoms with Gasteiger partial charge in [0.15, 0.2) is 11.5 Å². The van der Waals surface area contributed by atoms with Gasteiger partial charge in [-0.3, -0.25) is 19.7 Å². The molecule has 8 nitrogen and oxygen atoms in total. The molecule has 0 atom stereocenters. The molecule has 0 saturated carbocycles. The van der Waals surface area contributed by atoms with E-state index in [2.05, 4.69) is 5.32 Å². The molecule has 1 N–H and O–H groups in total. The lowest BCUT2D eigenvalue weighted by atomic mass is 10.0. The number of nitrogens with zero attached hydrogens (tertiary/aromatic N) is 1. The van der Waals surface area contributed by atoms with E-state index >= 15 is 0 Å². The number of ether oxygens (including phenoxy) is 1. The molecular formula is C25H16Cl2N2O6. The second-order valence-electron chi connectivity index (χ2n) is 7.27. The van der Waals surface area contributed by atoms with Crippen LogP contribution in [-0.2, 0) is 6.61 Å². The van der Waals surface area contributed by atoms with Gasteiger partial charge in [-0.1, -0.05) is 53.5 Å². The summed E-state index contributed by atoms with van der Waals surface area (Å²) < 4.78 is 11.1. The maximum atomic E-state index is 13.0. The Labute approximate surface area is 209 Å². The van der Waals surface area contributed by atoms with Crippen molar-refractivity contribution in [2.24, 2.45) is 0 Å². The van der Waals surface area contributed by atoms with Gasteiger partial charge in [0.1, 0.15) is 18.1 Å². The fourth-order valence-electron chi connectivity index (χ4n) is 3.18. The minimum absolute atomic E-state index is 0.0261. The molecule has 4 rings (SSSR count). The number of hydrogen-bond donors (Lipinski definition) is 1. The number of ketones is 1. The Balaban J connectivity index is 1.48. The summed E-state index contributed by atoms with van der Waals surface area (Å²) in [4.78, 5) is 36.1. The molecule has 0 aliphatic carbocycles. The van der Waals surface area contributed by atoms with E-state index < -0.39 is 10.8 Å². The van der Waals surface area contributed by atoms with Gasteiger partial charge < -0.3 is 14.5 Å². The number of nitro benzene ring substituents is 1. The van der Waals surface area contributed by atoms with Crippen LogP contribution in [0.2, 0.25) is 10.0 Å². The number of nitrogens with one attached hydrogen (secondary N) is 1. The van der Waals surface area contributed by atoms with Gasteiger partial charge in [0, 0.05) is 22.2 Å². The van der Waals surface area contributed by atoms with E-state index in [-0.39, 0.29) is 51.6 Å². The van der Waals surface area contributed by atoms with Crippen LogP contribution in [0, 0.1) is 10.1 Å². The Morgan fingerprint density at radius 2 is 1.74 bits per heavy atom. The van der Waals surface area contributed by atoms with Gasteiger partial charge >= 0.3 is 0 Å². The molecule has 1 aromatic heterocycles. The van der Waals surface area contributed by atoms with Crippen LogP contribution in [0.3, 0.4) is 0 Å². The highest BCUT2D eigenvalue weighted by atomic mass is 35.5. The minimum Gasteiger partial charge on any atom is -0.484 e.